The minimum atomic E-state index is -0.337. The molecular formula is C19H26O6. The van der Waals surface area contributed by atoms with Crippen molar-refractivity contribution >= 4 is 17.9 Å². The summed E-state index contributed by atoms with van der Waals surface area (Å²) in [5, 5.41) is 0. The van der Waals surface area contributed by atoms with Crippen molar-refractivity contribution in [2.45, 2.75) is 38.5 Å². The fourth-order valence-electron chi connectivity index (χ4n) is 2.60. The highest BCUT2D eigenvalue weighted by molar-refractivity contribution is 5.77. The summed E-state index contributed by atoms with van der Waals surface area (Å²) in [5.41, 5.74) is 1.82. The van der Waals surface area contributed by atoms with Gasteiger partial charge in [0.1, 0.15) is 0 Å². The number of rotatable bonds is 9. The van der Waals surface area contributed by atoms with Gasteiger partial charge in [-0.25, -0.2) is 0 Å². The summed E-state index contributed by atoms with van der Waals surface area (Å²) in [6, 6.07) is 7.51. The van der Waals surface area contributed by atoms with Crippen molar-refractivity contribution < 1.29 is 28.6 Å². The Morgan fingerprint density at radius 2 is 1.52 bits per heavy atom. The lowest BCUT2D eigenvalue weighted by atomic mass is 9.92. The molecule has 0 aliphatic rings. The Labute approximate surface area is 148 Å². The molecule has 6 heteroatoms. The van der Waals surface area contributed by atoms with E-state index in [1.807, 2.05) is 24.3 Å². The van der Waals surface area contributed by atoms with Gasteiger partial charge in [-0.15, -0.1) is 0 Å². The van der Waals surface area contributed by atoms with E-state index in [2.05, 4.69) is 4.74 Å². The first-order valence-electron chi connectivity index (χ1n) is 8.24. The van der Waals surface area contributed by atoms with E-state index in [0.717, 1.165) is 11.1 Å². The van der Waals surface area contributed by atoms with Crippen LogP contribution in [0.2, 0.25) is 0 Å². The molecule has 0 aliphatic carbocycles. The van der Waals surface area contributed by atoms with Crippen LogP contribution in [0.15, 0.2) is 24.3 Å². The predicted molar refractivity (Wildman–Crippen MR) is 92.0 cm³/mol. The van der Waals surface area contributed by atoms with E-state index in [4.69, 9.17) is 9.47 Å². The molecule has 0 saturated carbocycles. The molecule has 1 rings (SSSR count). The highest BCUT2D eigenvalue weighted by atomic mass is 16.5. The topological polar surface area (TPSA) is 78.9 Å². The number of esters is 3. The SMILES string of the molecule is COC(=O)CCCC(Cc1ccc(C(C)C(=O)OC)cc1)C(=O)OC. The van der Waals surface area contributed by atoms with Gasteiger partial charge in [0, 0.05) is 6.42 Å². The fraction of sp³-hybridized carbons (Fsp3) is 0.526. The summed E-state index contributed by atoms with van der Waals surface area (Å²) in [6.45, 7) is 1.78. The first-order valence-corrected chi connectivity index (χ1v) is 8.24. The molecule has 1 aromatic rings. The second-order valence-corrected chi connectivity index (χ2v) is 5.88. The van der Waals surface area contributed by atoms with Crippen LogP contribution in [0, 0.1) is 5.92 Å². The monoisotopic (exact) mass is 350 g/mol. The van der Waals surface area contributed by atoms with Crippen molar-refractivity contribution in [1.29, 1.82) is 0 Å². The molecule has 0 spiro atoms. The lowest BCUT2D eigenvalue weighted by Gasteiger charge is -2.15. The second-order valence-electron chi connectivity index (χ2n) is 5.88. The molecular weight excluding hydrogens is 324 g/mol. The summed E-state index contributed by atoms with van der Waals surface area (Å²) < 4.78 is 14.2. The van der Waals surface area contributed by atoms with Crippen LogP contribution in [-0.4, -0.2) is 39.2 Å². The average molecular weight is 350 g/mol. The lowest BCUT2D eigenvalue weighted by Crippen LogP contribution is -2.19. The van der Waals surface area contributed by atoms with Crippen molar-refractivity contribution in [3.05, 3.63) is 35.4 Å². The number of ether oxygens (including phenoxy) is 3. The van der Waals surface area contributed by atoms with E-state index in [9.17, 15) is 14.4 Å². The van der Waals surface area contributed by atoms with Gasteiger partial charge in [0.2, 0.25) is 0 Å². The van der Waals surface area contributed by atoms with E-state index in [-0.39, 0.29) is 36.2 Å². The molecule has 0 saturated heterocycles. The van der Waals surface area contributed by atoms with Gasteiger partial charge in [0.25, 0.3) is 0 Å². The summed E-state index contributed by atoms with van der Waals surface area (Å²) >= 11 is 0. The Balaban J connectivity index is 2.71. The molecule has 0 heterocycles. The maximum Gasteiger partial charge on any atom is 0.312 e. The minimum Gasteiger partial charge on any atom is -0.469 e. The van der Waals surface area contributed by atoms with Crippen LogP contribution in [0.5, 0.6) is 0 Å². The Kier molecular flexibility index (Phi) is 8.67. The maximum absolute atomic E-state index is 12.0. The van der Waals surface area contributed by atoms with Crippen LogP contribution in [0.4, 0.5) is 0 Å². The maximum atomic E-state index is 12.0. The smallest absolute Gasteiger partial charge is 0.312 e. The molecule has 0 amide bonds. The number of methoxy groups -OCH3 is 3. The van der Waals surface area contributed by atoms with Crippen molar-refractivity contribution in [2.24, 2.45) is 5.92 Å². The van der Waals surface area contributed by atoms with Gasteiger partial charge in [-0.3, -0.25) is 14.4 Å². The number of hydrogen-bond donors (Lipinski definition) is 0. The largest absolute Gasteiger partial charge is 0.469 e. The van der Waals surface area contributed by atoms with E-state index in [0.29, 0.717) is 19.3 Å². The van der Waals surface area contributed by atoms with Crippen LogP contribution < -0.4 is 0 Å². The standard InChI is InChI=1S/C19H26O6/c1-13(18(21)24-3)15-10-8-14(9-11-15)12-16(19(22)25-4)6-5-7-17(20)23-2/h8-11,13,16H,5-7,12H2,1-4H3. The molecule has 0 aromatic heterocycles. The number of carbonyl (C=O) groups excluding carboxylic acids is 3. The molecule has 2 unspecified atom stereocenters. The zero-order valence-corrected chi connectivity index (χ0v) is 15.2. The predicted octanol–water partition coefficient (Wildman–Crippen LogP) is 2.64. The summed E-state index contributed by atoms with van der Waals surface area (Å²) in [6.07, 6.45) is 1.90. The van der Waals surface area contributed by atoms with Crippen LogP contribution in [0.25, 0.3) is 0 Å². The molecule has 0 N–H and O–H groups in total. The molecule has 25 heavy (non-hydrogen) atoms. The van der Waals surface area contributed by atoms with E-state index in [1.165, 1.54) is 21.3 Å². The zero-order chi connectivity index (χ0) is 18.8. The Morgan fingerprint density at radius 3 is 2.04 bits per heavy atom. The van der Waals surface area contributed by atoms with Gasteiger partial charge in [-0.2, -0.15) is 0 Å². The Morgan fingerprint density at radius 1 is 0.920 bits per heavy atom. The molecule has 0 radical (unpaired) electrons. The summed E-state index contributed by atoms with van der Waals surface area (Å²) in [4.78, 5) is 34.7. The molecule has 2 atom stereocenters. The quantitative estimate of drug-likeness (QED) is 0.503. The van der Waals surface area contributed by atoms with Crippen molar-refractivity contribution in [3.63, 3.8) is 0 Å². The van der Waals surface area contributed by atoms with Crippen LogP contribution in [-0.2, 0) is 35.0 Å². The fourth-order valence-corrected chi connectivity index (χ4v) is 2.60. The molecule has 0 fully saturated rings. The van der Waals surface area contributed by atoms with Crippen LogP contribution in [0.3, 0.4) is 0 Å². The van der Waals surface area contributed by atoms with Crippen molar-refractivity contribution in [1.82, 2.24) is 0 Å². The zero-order valence-electron chi connectivity index (χ0n) is 15.2. The molecule has 138 valence electrons. The van der Waals surface area contributed by atoms with E-state index < -0.39 is 0 Å². The first-order chi connectivity index (χ1) is 11.9. The van der Waals surface area contributed by atoms with E-state index in [1.54, 1.807) is 6.92 Å². The number of benzene rings is 1. The minimum absolute atomic E-state index is 0.277. The number of carbonyl (C=O) groups is 3. The van der Waals surface area contributed by atoms with Gasteiger partial charge in [0.05, 0.1) is 33.2 Å². The Bertz CT molecular complexity index is 578. The van der Waals surface area contributed by atoms with E-state index >= 15 is 0 Å². The van der Waals surface area contributed by atoms with Gasteiger partial charge in [-0.1, -0.05) is 24.3 Å². The first kappa shape index (κ1) is 20.7. The highest BCUT2D eigenvalue weighted by Gasteiger charge is 2.21. The second kappa shape index (κ2) is 10.5. The van der Waals surface area contributed by atoms with Crippen molar-refractivity contribution in [2.75, 3.05) is 21.3 Å². The van der Waals surface area contributed by atoms with Gasteiger partial charge < -0.3 is 14.2 Å². The van der Waals surface area contributed by atoms with Gasteiger partial charge in [-0.05, 0) is 37.3 Å². The summed E-state index contributed by atoms with van der Waals surface area (Å²) in [5.74, 6) is -1.53. The molecule has 6 nitrogen and oxygen atoms in total. The average Bonchev–Trinajstić information content (AvgIpc) is 2.65. The van der Waals surface area contributed by atoms with Gasteiger partial charge >= 0.3 is 17.9 Å². The van der Waals surface area contributed by atoms with Gasteiger partial charge in [0.15, 0.2) is 0 Å². The third-order valence-electron chi connectivity index (χ3n) is 4.21. The molecule has 1 aromatic carbocycles. The molecule has 0 aliphatic heterocycles. The highest BCUT2D eigenvalue weighted by Crippen LogP contribution is 2.21. The Hall–Kier alpha value is -2.37. The third kappa shape index (κ3) is 6.57. The summed E-state index contributed by atoms with van der Waals surface area (Å²) in [7, 11) is 4.07. The molecule has 0 bridgehead atoms. The van der Waals surface area contributed by atoms with Crippen LogP contribution in [0.1, 0.15) is 43.2 Å². The lowest BCUT2D eigenvalue weighted by molar-refractivity contribution is -0.146. The number of hydrogen-bond acceptors (Lipinski definition) is 6. The van der Waals surface area contributed by atoms with Crippen LogP contribution >= 0.6 is 0 Å². The van der Waals surface area contributed by atoms with Crippen molar-refractivity contribution in [3.8, 4) is 0 Å². The normalized spacial score (nSPS) is 12.8. The third-order valence-corrected chi connectivity index (χ3v) is 4.21.